The molecule has 0 amide bonds. The molecule has 0 saturated carbocycles. The predicted molar refractivity (Wildman–Crippen MR) is 65.8 cm³/mol. The second-order valence-electron chi connectivity index (χ2n) is 3.69. The Kier molecular flexibility index (Phi) is 2.91. The first-order valence-corrected chi connectivity index (χ1v) is 5.19. The van der Waals surface area contributed by atoms with Crippen molar-refractivity contribution in [1.29, 1.82) is 0 Å². The summed E-state index contributed by atoms with van der Waals surface area (Å²) in [6.07, 6.45) is 0. The average molecular weight is 233 g/mol. The number of anilines is 1. The van der Waals surface area contributed by atoms with Crippen LogP contribution in [0.25, 0.3) is 5.69 Å². The number of rotatable bonds is 3. The highest BCUT2D eigenvalue weighted by Crippen LogP contribution is 2.26. The Labute approximate surface area is 99.8 Å². The summed E-state index contributed by atoms with van der Waals surface area (Å²) in [7, 11) is 3.21. The molecule has 1 aromatic heterocycles. The number of methoxy groups -OCH3 is 2. The first-order chi connectivity index (χ1) is 8.13. The van der Waals surface area contributed by atoms with Crippen LogP contribution in [0, 0.1) is 6.92 Å². The molecule has 0 fully saturated rings. The zero-order valence-electron chi connectivity index (χ0n) is 10.1. The van der Waals surface area contributed by atoms with Gasteiger partial charge in [-0.05, 0) is 6.92 Å². The largest absolute Gasteiger partial charge is 0.497 e. The zero-order valence-corrected chi connectivity index (χ0v) is 10.1. The van der Waals surface area contributed by atoms with Crippen molar-refractivity contribution >= 4 is 5.82 Å². The van der Waals surface area contributed by atoms with Crippen molar-refractivity contribution in [3.8, 4) is 17.2 Å². The highest BCUT2D eigenvalue weighted by atomic mass is 16.5. The van der Waals surface area contributed by atoms with Crippen molar-refractivity contribution in [2.75, 3.05) is 20.0 Å². The maximum Gasteiger partial charge on any atom is 0.127 e. The van der Waals surface area contributed by atoms with Crippen LogP contribution in [0.3, 0.4) is 0 Å². The molecule has 5 nitrogen and oxygen atoms in total. The lowest BCUT2D eigenvalue weighted by atomic mass is 10.3. The molecule has 0 saturated heterocycles. The molecule has 0 spiro atoms. The van der Waals surface area contributed by atoms with Crippen molar-refractivity contribution in [2.45, 2.75) is 6.92 Å². The van der Waals surface area contributed by atoms with E-state index in [4.69, 9.17) is 15.2 Å². The number of aromatic nitrogens is 2. The van der Waals surface area contributed by atoms with E-state index >= 15 is 0 Å². The highest BCUT2D eigenvalue weighted by Gasteiger charge is 2.08. The van der Waals surface area contributed by atoms with Gasteiger partial charge in [-0.25, -0.2) is 4.68 Å². The highest BCUT2D eigenvalue weighted by molar-refractivity contribution is 5.50. The lowest BCUT2D eigenvalue weighted by Gasteiger charge is -2.09. The smallest absolute Gasteiger partial charge is 0.127 e. The lowest BCUT2D eigenvalue weighted by Crippen LogP contribution is -2.02. The van der Waals surface area contributed by atoms with Gasteiger partial charge in [-0.15, -0.1) is 0 Å². The lowest BCUT2D eigenvalue weighted by molar-refractivity contribution is 0.394. The second kappa shape index (κ2) is 4.37. The van der Waals surface area contributed by atoms with E-state index in [-0.39, 0.29) is 0 Å². The molecule has 0 aliphatic rings. The molecule has 5 heteroatoms. The maximum absolute atomic E-state index is 5.88. The summed E-state index contributed by atoms with van der Waals surface area (Å²) in [5, 5.41) is 4.31. The van der Waals surface area contributed by atoms with Crippen LogP contribution in [-0.2, 0) is 0 Å². The Morgan fingerprint density at radius 1 is 1.06 bits per heavy atom. The molecule has 2 rings (SSSR count). The quantitative estimate of drug-likeness (QED) is 0.877. The average Bonchev–Trinajstić information content (AvgIpc) is 2.67. The third kappa shape index (κ3) is 2.18. The molecule has 2 aromatic rings. The van der Waals surface area contributed by atoms with E-state index in [1.807, 2.05) is 25.1 Å². The summed E-state index contributed by atoms with van der Waals surface area (Å²) in [6.45, 7) is 1.89. The molecular formula is C12H15N3O2. The number of benzene rings is 1. The number of hydrogen-bond donors (Lipinski definition) is 1. The minimum atomic E-state index is 0.581. The normalized spacial score (nSPS) is 10.3. The van der Waals surface area contributed by atoms with Crippen LogP contribution in [-0.4, -0.2) is 24.0 Å². The summed E-state index contributed by atoms with van der Waals surface area (Å²) in [5.41, 5.74) is 7.55. The number of nitrogen functional groups attached to an aromatic ring is 1. The van der Waals surface area contributed by atoms with Crippen molar-refractivity contribution in [3.63, 3.8) is 0 Å². The van der Waals surface area contributed by atoms with E-state index in [2.05, 4.69) is 5.10 Å². The molecule has 0 atom stereocenters. The minimum absolute atomic E-state index is 0.581. The van der Waals surface area contributed by atoms with Crippen LogP contribution in [0.5, 0.6) is 11.5 Å². The number of ether oxygens (including phenoxy) is 2. The molecule has 17 heavy (non-hydrogen) atoms. The van der Waals surface area contributed by atoms with E-state index < -0.39 is 0 Å². The van der Waals surface area contributed by atoms with Gasteiger partial charge in [0.2, 0.25) is 0 Å². The monoisotopic (exact) mass is 233 g/mol. The van der Waals surface area contributed by atoms with Gasteiger partial charge in [0.15, 0.2) is 0 Å². The Balaban J connectivity index is 2.54. The Hall–Kier alpha value is -2.17. The molecular weight excluding hydrogens is 218 g/mol. The Morgan fingerprint density at radius 2 is 1.65 bits per heavy atom. The second-order valence-corrected chi connectivity index (χ2v) is 3.69. The maximum atomic E-state index is 5.88. The first kappa shape index (κ1) is 11.3. The van der Waals surface area contributed by atoms with E-state index in [9.17, 15) is 0 Å². The van der Waals surface area contributed by atoms with Crippen LogP contribution in [0.1, 0.15) is 5.69 Å². The van der Waals surface area contributed by atoms with Crippen LogP contribution >= 0.6 is 0 Å². The molecule has 1 aromatic carbocycles. The van der Waals surface area contributed by atoms with Gasteiger partial charge in [0.1, 0.15) is 17.3 Å². The fraction of sp³-hybridized carbons (Fsp3) is 0.250. The third-order valence-electron chi connectivity index (χ3n) is 2.44. The summed E-state index contributed by atoms with van der Waals surface area (Å²) in [6, 6.07) is 7.32. The van der Waals surface area contributed by atoms with Crippen LogP contribution < -0.4 is 15.2 Å². The van der Waals surface area contributed by atoms with Gasteiger partial charge in [-0.1, -0.05) is 0 Å². The van der Waals surface area contributed by atoms with E-state index in [1.165, 1.54) is 0 Å². The van der Waals surface area contributed by atoms with Crippen LogP contribution in [0.4, 0.5) is 5.82 Å². The van der Waals surface area contributed by atoms with Crippen molar-refractivity contribution in [3.05, 3.63) is 30.0 Å². The third-order valence-corrected chi connectivity index (χ3v) is 2.44. The van der Waals surface area contributed by atoms with Gasteiger partial charge in [0.25, 0.3) is 0 Å². The van der Waals surface area contributed by atoms with E-state index in [1.54, 1.807) is 25.0 Å². The fourth-order valence-corrected chi connectivity index (χ4v) is 1.64. The standard InChI is InChI=1S/C12H15N3O2/c1-8-4-12(13)15(14-8)9-5-10(16-2)7-11(6-9)17-3/h4-7H,13H2,1-3H3. The predicted octanol–water partition coefficient (Wildman–Crippen LogP) is 1.78. The summed E-state index contributed by atoms with van der Waals surface area (Å²) < 4.78 is 12.1. The minimum Gasteiger partial charge on any atom is -0.497 e. The fourth-order valence-electron chi connectivity index (χ4n) is 1.64. The van der Waals surface area contributed by atoms with Crippen LogP contribution in [0.2, 0.25) is 0 Å². The van der Waals surface area contributed by atoms with Gasteiger partial charge >= 0.3 is 0 Å². The number of hydrogen-bond acceptors (Lipinski definition) is 4. The summed E-state index contributed by atoms with van der Waals surface area (Å²) in [5.74, 6) is 1.98. The molecule has 0 aliphatic carbocycles. The zero-order chi connectivity index (χ0) is 12.4. The molecule has 1 heterocycles. The molecule has 0 unspecified atom stereocenters. The number of nitrogens with zero attached hydrogens (tertiary/aromatic N) is 2. The Bertz CT molecular complexity index is 512. The van der Waals surface area contributed by atoms with Crippen molar-refractivity contribution in [1.82, 2.24) is 9.78 Å². The van der Waals surface area contributed by atoms with E-state index in [0.717, 1.165) is 11.4 Å². The van der Waals surface area contributed by atoms with Gasteiger partial charge in [0.05, 0.1) is 25.6 Å². The van der Waals surface area contributed by atoms with Gasteiger partial charge in [-0.3, -0.25) is 0 Å². The van der Waals surface area contributed by atoms with Crippen LogP contribution in [0.15, 0.2) is 24.3 Å². The SMILES string of the molecule is COc1cc(OC)cc(-n2nc(C)cc2N)c1. The number of aryl methyl sites for hydroxylation is 1. The molecule has 90 valence electrons. The summed E-state index contributed by atoms with van der Waals surface area (Å²) >= 11 is 0. The van der Waals surface area contributed by atoms with Crippen molar-refractivity contribution in [2.24, 2.45) is 0 Å². The summed E-state index contributed by atoms with van der Waals surface area (Å²) in [4.78, 5) is 0. The molecule has 2 N–H and O–H groups in total. The van der Waals surface area contributed by atoms with Crippen molar-refractivity contribution < 1.29 is 9.47 Å². The van der Waals surface area contributed by atoms with Gasteiger partial charge < -0.3 is 15.2 Å². The Morgan fingerprint density at radius 3 is 2.06 bits per heavy atom. The van der Waals surface area contributed by atoms with Gasteiger partial charge in [-0.2, -0.15) is 5.10 Å². The molecule has 0 bridgehead atoms. The molecule has 0 aliphatic heterocycles. The number of nitrogens with two attached hydrogens (primary N) is 1. The first-order valence-electron chi connectivity index (χ1n) is 5.19. The molecule has 0 radical (unpaired) electrons. The van der Waals surface area contributed by atoms with Gasteiger partial charge in [0, 0.05) is 24.3 Å². The van der Waals surface area contributed by atoms with E-state index in [0.29, 0.717) is 17.3 Å². The topological polar surface area (TPSA) is 62.3 Å².